The molecule has 0 bridgehead atoms. The summed E-state index contributed by atoms with van der Waals surface area (Å²) in [6, 6.07) is 0. The van der Waals surface area contributed by atoms with Crippen molar-refractivity contribution in [1.29, 1.82) is 0 Å². The maximum absolute atomic E-state index is 13.8. The van der Waals surface area contributed by atoms with Crippen molar-refractivity contribution in [2.24, 2.45) is 34.5 Å². The molecule has 1 heterocycles. The van der Waals surface area contributed by atoms with Crippen molar-refractivity contribution in [3.05, 3.63) is 11.6 Å². The van der Waals surface area contributed by atoms with Gasteiger partial charge < -0.3 is 9.47 Å². The first kappa shape index (κ1) is 24.1. The van der Waals surface area contributed by atoms with Crippen LogP contribution in [0.1, 0.15) is 85.0 Å². The Morgan fingerprint density at radius 3 is 2.59 bits per heavy atom. The van der Waals surface area contributed by atoms with Crippen molar-refractivity contribution in [2.75, 3.05) is 6.61 Å². The highest BCUT2D eigenvalue weighted by Crippen LogP contribution is 2.70. The number of hydrogen-bond acceptors (Lipinski definition) is 7. The van der Waals surface area contributed by atoms with Gasteiger partial charge in [0, 0.05) is 24.2 Å². The van der Waals surface area contributed by atoms with E-state index >= 15 is 0 Å². The molecule has 2 unspecified atom stereocenters. The van der Waals surface area contributed by atoms with Crippen LogP contribution in [0.2, 0.25) is 0 Å². The second-order valence-corrected chi connectivity index (χ2v) is 11.8. The molecule has 34 heavy (non-hydrogen) atoms. The Hall–Kier alpha value is -1.57. The highest BCUT2D eigenvalue weighted by molar-refractivity contribution is 5.92. The van der Waals surface area contributed by atoms with E-state index in [9.17, 15) is 19.6 Å². The third-order valence-corrected chi connectivity index (χ3v) is 10.5. The summed E-state index contributed by atoms with van der Waals surface area (Å²) < 4.78 is 11.6. The highest BCUT2D eigenvalue weighted by Gasteiger charge is 2.69. The quantitative estimate of drug-likeness (QED) is 0.259. The Bertz CT molecular complexity index is 911. The Kier molecular flexibility index (Phi) is 6.05. The molecule has 7 nitrogen and oxygen atoms in total. The van der Waals surface area contributed by atoms with Crippen LogP contribution >= 0.6 is 0 Å². The minimum absolute atomic E-state index is 0.0724. The zero-order chi connectivity index (χ0) is 24.3. The maximum atomic E-state index is 13.8. The number of ether oxygens (including phenoxy) is 2. The Balaban J connectivity index is 1.55. The first-order chi connectivity index (χ1) is 16.2. The Morgan fingerprint density at radius 1 is 1.15 bits per heavy atom. The van der Waals surface area contributed by atoms with Gasteiger partial charge in [-0.05, 0) is 80.6 Å². The van der Waals surface area contributed by atoms with Crippen molar-refractivity contribution in [3.8, 4) is 0 Å². The van der Waals surface area contributed by atoms with Crippen molar-refractivity contribution in [2.45, 2.75) is 96.9 Å². The average Bonchev–Trinajstić information content (AvgIpc) is 3.34. The van der Waals surface area contributed by atoms with E-state index < -0.39 is 17.8 Å². The molecule has 0 aromatic rings. The number of esters is 1. The molecule has 5 rings (SSSR count). The predicted octanol–water partition coefficient (Wildman–Crippen LogP) is 4.63. The van der Waals surface area contributed by atoms with Crippen LogP contribution in [0.25, 0.3) is 0 Å². The summed E-state index contributed by atoms with van der Waals surface area (Å²) in [7, 11) is 0. The van der Waals surface area contributed by atoms with E-state index in [1.165, 1.54) is 0 Å². The summed E-state index contributed by atoms with van der Waals surface area (Å²) in [6.45, 7) is 6.80. The number of rotatable bonds is 6. The van der Waals surface area contributed by atoms with Gasteiger partial charge in [0.25, 0.3) is 6.29 Å². The number of allylic oxidation sites excluding steroid dienone is 1. The lowest BCUT2D eigenvalue weighted by Gasteiger charge is -2.61. The number of carbonyl (C=O) groups excluding carboxylic acids is 3. The van der Waals surface area contributed by atoms with Crippen LogP contribution < -0.4 is 0 Å². The maximum Gasteiger partial charge on any atom is 0.306 e. The molecule has 0 amide bonds. The number of hydrogen-bond donors (Lipinski definition) is 1. The second-order valence-electron chi connectivity index (χ2n) is 11.8. The van der Waals surface area contributed by atoms with Gasteiger partial charge in [-0.1, -0.05) is 26.3 Å². The van der Waals surface area contributed by atoms with Crippen molar-refractivity contribution in [1.82, 2.24) is 0 Å². The zero-order valence-electron chi connectivity index (χ0n) is 20.6. The minimum Gasteiger partial charge on any atom is -0.458 e. The molecule has 5 aliphatic rings. The SMILES string of the molecule is CCCOC(OO)C(=O)[C@@H]1CC2=CC(=O)CC[C@]2(C)C2CC[C@@]3(C)[C@@H](CC[C@@]34CCC(=O)O4)[C@@H]21. The van der Waals surface area contributed by atoms with Gasteiger partial charge in [-0.25, -0.2) is 5.26 Å². The molecule has 0 aromatic heterocycles. The number of Topliss-reactive ketones (excluding diaryl/α,β-unsaturated/α-hetero) is 1. The van der Waals surface area contributed by atoms with Crippen LogP contribution in [0, 0.1) is 34.5 Å². The van der Waals surface area contributed by atoms with Gasteiger partial charge in [-0.3, -0.25) is 14.4 Å². The smallest absolute Gasteiger partial charge is 0.306 e. The first-order valence-electron chi connectivity index (χ1n) is 13.1. The van der Waals surface area contributed by atoms with E-state index in [4.69, 9.17) is 9.47 Å². The van der Waals surface area contributed by atoms with Gasteiger partial charge in [0.2, 0.25) is 0 Å². The fourth-order valence-electron chi connectivity index (χ4n) is 8.71. The van der Waals surface area contributed by atoms with Crippen LogP contribution in [0.4, 0.5) is 0 Å². The molecular weight excluding hydrogens is 436 g/mol. The van der Waals surface area contributed by atoms with Crippen molar-refractivity contribution >= 4 is 17.5 Å². The van der Waals surface area contributed by atoms with Crippen molar-refractivity contribution < 1.29 is 34.0 Å². The molecule has 1 N–H and O–H groups in total. The van der Waals surface area contributed by atoms with Crippen LogP contribution in [-0.2, 0) is 28.7 Å². The zero-order valence-corrected chi connectivity index (χ0v) is 20.6. The summed E-state index contributed by atoms with van der Waals surface area (Å²) in [5.74, 6) is -0.0552. The summed E-state index contributed by atoms with van der Waals surface area (Å²) >= 11 is 0. The topological polar surface area (TPSA) is 99.1 Å². The van der Waals surface area contributed by atoms with Gasteiger partial charge in [0.1, 0.15) is 5.60 Å². The minimum atomic E-state index is -1.32. The molecule has 188 valence electrons. The van der Waals surface area contributed by atoms with E-state index in [0.717, 1.165) is 44.1 Å². The van der Waals surface area contributed by atoms with E-state index in [1.807, 2.05) is 6.92 Å². The number of ketones is 2. The summed E-state index contributed by atoms with van der Waals surface area (Å²) in [6.07, 6.45) is 7.91. The Morgan fingerprint density at radius 2 is 1.91 bits per heavy atom. The van der Waals surface area contributed by atoms with Crippen LogP contribution in [0.3, 0.4) is 0 Å². The van der Waals surface area contributed by atoms with Crippen LogP contribution in [0.5, 0.6) is 0 Å². The van der Waals surface area contributed by atoms with E-state index in [1.54, 1.807) is 6.08 Å². The molecule has 8 atom stereocenters. The molecule has 3 saturated carbocycles. The van der Waals surface area contributed by atoms with Crippen LogP contribution in [0.15, 0.2) is 11.6 Å². The van der Waals surface area contributed by atoms with E-state index in [2.05, 4.69) is 18.7 Å². The summed E-state index contributed by atoms with van der Waals surface area (Å²) in [5.41, 5.74) is 0.344. The van der Waals surface area contributed by atoms with Gasteiger partial charge in [0.05, 0.1) is 6.61 Å². The lowest BCUT2D eigenvalue weighted by Crippen LogP contribution is -2.58. The molecule has 0 aromatic carbocycles. The normalized spacial score (nSPS) is 44.2. The van der Waals surface area contributed by atoms with E-state index in [0.29, 0.717) is 32.3 Å². The molecule has 1 aliphatic heterocycles. The van der Waals surface area contributed by atoms with Gasteiger partial charge in [0.15, 0.2) is 11.6 Å². The highest BCUT2D eigenvalue weighted by atomic mass is 17.1. The molecule has 4 aliphatic carbocycles. The van der Waals surface area contributed by atoms with Gasteiger partial charge in [-0.15, -0.1) is 0 Å². The molecular formula is C27H38O7. The lowest BCUT2D eigenvalue weighted by molar-refractivity contribution is -0.333. The van der Waals surface area contributed by atoms with Crippen LogP contribution in [-0.4, -0.2) is 41.3 Å². The third kappa shape index (κ3) is 3.37. The lowest BCUT2D eigenvalue weighted by atomic mass is 9.43. The standard InChI is InChI=1S/C27H38O7/c1-4-13-32-24(34-31)23(30)18-15-16-14-17(28)5-9-25(16,2)19-6-10-26(3)20(22(18)19)7-11-27(26)12-8-21(29)33-27/h14,18-20,22,24,31H,4-13,15H2,1-3H3/t18-,19?,20+,22-,24?,25+,26+,27-/m1/s1. The summed E-state index contributed by atoms with van der Waals surface area (Å²) in [4.78, 5) is 42.9. The molecule has 4 fully saturated rings. The third-order valence-electron chi connectivity index (χ3n) is 10.5. The molecule has 7 heteroatoms. The van der Waals surface area contributed by atoms with Gasteiger partial charge >= 0.3 is 5.97 Å². The number of carbonyl (C=O) groups is 3. The Labute approximate surface area is 201 Å². The fourth-order valence-corrected chi connectivity index (χ4v) is 8.71. The first-order valence-corrected chi connectivity index (χ1v) is 13.1. The van der Waals surface area contributed by atoms with Crippen molar-refractivity contribution in [3.63, 3.8) is 0 Å². The second kappa shape index (κ2) is 8.52. The molecule has 1 spiro atoms. The molecule has 1 saturated heterocycles. The molecule has 0 radical (unpaired) electrons. The average molecular weight is 475 g/mol. The largest absolute Gasteiger partial charge is 0.458 e. The monoisotopic (exact) mass is 474 g/mol. The predicted molar refractivity (Wildman–Crippen MR) is 122 cm³/mol. The van der Waals surface area contributed by atoms with Gasteiger partial charge in [-0.2, -0.15) is 4.89 Å². The van der Waals surface area contributed by atoms with E-state index in [-0.39, 0.29) is 46.1 Å². The summed E-state index contributed by atoms with van der Waals surface area (Å²) in [5, 5.41) is 9.54. The number of fused-ring (bicyclic) bond motifs is 6. The fraction of sp³-hybridized carbons (Fsp3) is 0.815.